The van der Waals surface area contributed by atoms with E-state index in [2.05, 4.69) is 22.8 Å². The Labute approximate surface area is 215 Å². The second-order valence-corrected chi connectivity index (χ2v) is 9.68. The summed E-state index contributed by atoms with van der Waals surface area (Å²) in [4.78, 5) is 18.2. The molecule has 2 aromatic carbocycles. The number of unbranched alkanes of at least 4 members (excludes halogenated alkanes) is 1. The second-order valence-electron chi connectivity index (χ2n) is 9.68. The van der Waals surface area contributed by atoms with E-state index >= 15 is 0 Å². The molecule has 1 aliphatic carbocycles. The van der Waals surface area contributed by atoms with Gasteiger partial charge in [-0.1, -0.05) is 30.3 Å². The maximum absolute atomic E-state index is 13.5. The van der Waals surface area contributed by atoms with E-state index in [0.29, 0.717) is 29.7 Å². The smallest absolute Gasteiger partial charge is 0.251 e. The van der Waals surface area contributed by atoms with E-state index in [9.17, 15) is 4.79 Å². The summed E-state index contributed by atoms with van der Waals surface area (Å²) in [5.74, 6) is 2.02. The molecule has 0 radical (unpaired) electrons. The zero-order chi connectivity index (χ0) is 25.2. The molecule has 0 aliphatic heterocycles. The predicted molar refractivity (Wildman–Crippen MR) is 143 cm³/mol. The lowest BCUT2D eigenvalue weighted by atomic mass is 10.2. The lowest BCUT2D eigenvalue weighted by Gasteiger charge is -2.13. The Hall–Kier alpha value is -4.20. The van der Waals surface area contributed by atoms with Gasteiger partial charge in [-0.3, -0.25) is 9.48 Å². The van der Waals surface area contributed by atoms with E-state index < -0.39 is 0 Å². The van der Waals surface area contributed by atoms with Crippen LogP contribution in [0.5, 0.6) is 5.75 Å². The SMILES string of the molecule is Cn1c(CCCCOc2cn(CC3CC3)nc(-c3ccnn3-c3ccccc3)c2=O)nc2ccccc21. The van der Waals surface area contributed by atoms with Crippen molar-refractivity contribution in [2.45, 2.75) is 38.6 Å². The third-order valence-electron chi connectivity index (χ3n) is 6.89. The zero-order valence-corrected chi connectivity index (χ0v) is 21.0. The van der Waals surface area contributed by atoms with E-state index in [4.69, 9.17) is 14.8 Å². The summed E-state index contributed by atoms with van der Waals surface area (Å²) in [6.45, 7) is 1.25. The minimum Gasteiger partial charge on any atom is -0.488 e. The number of para-hydroxylation sites is 3. The number of hydrogen-bond donors (Lipinski definition) is 0. The fourth-order valence-electron chi connectivity index (χ4n) is 4.69. The summed E-state index contributed by atoms with van der Waals surface area (Å²) in [6, 6.07) is 19.8. The van der Waals surface area contributed by atoms with Crippen LogP contribution in [0.4, 0.5) is 0 Å². The number of nitrogens with zero attached hydrogens (tertiary/aromatic N) is 6. The summed E-state index contributed by atoms with van der Waals surface area (Å²) in [5, 5.41) is 9.16. The molecule has 188 valence electrons. The first-order valence-corrected chi connectivity index (χ1v) is 12.9. The van der Waals surface area contributed by atoms with Gasteiger partial charge in [-0.2, -0.15) is 10.2 Å². The molecule has 0 bridgehead atoms. The average Bonchev–Trinajstić information content (AvgIpc) is 3.50. The molecular formula is C29H30N6O2. The first kappa shape index (κ1) is 23.2. The van der Waals surface area contributed by atoms with E-state index in [1.807, 2.05) is 59.3 Å². The maximum atomic E-state index is 13.5. The standard InChI is InChI=1S/C29H30N6O2/c1-33-24-12-6-5-11-23(24)31-27(33)13-7-8-18-37-26-20-34(19-21-14-15-21)32-28(29(26)36)25-16-17-30-35(25)22-9-3-2-4-10-22/h2-6,9-12,16-17,20-21H,7-8,13-15,18-19H2,1H3. The number of fused-ring (bicyclic) bond motifs is 1. The van der Waals surface area contributed by atoms with Crippen LogP contribution in [0.1, 0.15) is 31.5 Å². The van der Waals surface area contributed by atoms with Crippen LogP contribution in [0.15, 0.2) is 77.9 Å². The molecule has 0 spiro atoms. The molecule has 5 aromatic rings. The highest BCUT2D eigenvalue weighted by atomic mass is 16.5. The number of imidazole rings is 1. The van der Waals surface area contributed by atoms with Crippen molar-refractivity contribution in [3.05, 3.63) is 89.1 Å². The molecule has 3 heterocycles. The van der Waals surface area contributed by atoms with Gasteiger partial charge in [-0.15, -0.1) is 0 Å². The summed E-state index contributed by atoms with van der Waals surface area (Å²) in [6.07, 6.45) is 8.46. The number of aromatic nitrogens is 6. The molecule has 0 amide bonds. The van der Waals surface area contributed by atoms with Crippen molar-refractivity contribution in [1.29, 1.82) is 0 Å². The van der Waals surface area contributed by atoms with Crippen molar-refractivity contribution < 1.29 is 4.74 Å². The third kappa shape index (κ3) is 4.91. The number of aryl methyl sites for hydroxylation is 2. The van der Waals surface area contributed by atoms with Crippen molar-refractivity contribution in [2.24, 2.45) is 13.0 Å². The van der Waals surface area contributed by atoms with E-state index in [0.717, 1.165) is 48.4 Å². The number of rotatable bonds is 10. The quantitative estimate of drug-likeness (QED) is 0.261. The van der Waals surface area contributed by atoms with E-state index in [1.165, 1.54) is 12.8 Å². The van der Waals surface area contributed by atoms with Gasteiger partial charge < -0.3 is 9.30 Å². The molecule has 8 nitrogen and oxygen atoms in total. The second kappa shape index (κ2) is 10.0. The highest BCUT2D eigenvalue weighted by Crippen LogP contribution is 2.31. The Bertz CT molecular complexity index is 1580. The van der Waals surface area contributed by atoms with Crippen LogP contribution in [0, 0.1) is 5.92 Å². The van der Waals surface area contributed by atoms with E-state index in [1.54, 1.807) is 17.1 Å². The molecule has 0 unspecified atom stereocenters. The molecular weight excluding hydrogens is 464 g/mol. The molecule has 6 rings (SSSR count). The molecule has 1 saturated carbocycles. The first-order valence-electron chi connectivity index (χ1n) is 12.9. The average molecular weight is 495 g/mol. The van der Waals surface area contributed by atoms with Gasteiger partial charge >= 0.3 is 0 Å². The third-order valence-corrected chi connectivity index (χ3v) is 6.89. The molecule has 3 aromatic heterocycles. The molecule has 37 heavy (non-hydrogen) atoms. The van der Waals surface area contributed by atoms with Crippen LogP contribution in [0.25, 0.3) is 28.1 Å². The van der Waals surface area contributed by atoms with Gasteiger partial charge in [0.15, 0.2) is 11.4 Å². The lowest BCUT2D eigenvalue weighted by molar-refractivity contribution is 0.298. The minimum atomic E-state index is -0.208. The van der Waals surface area contributed by atoms with Gasteiger partial charge in [0, 0.05) is 20.0 Å². The fraction of sp³-hybridized carbons (Fsp3) is 0.310. The van der Waals surface area contributed by atoms with Crippen LogP contribution in [-0.4, -0.2) is 35.7 Å². The maximum Gasteiger partial charge on any atom is 0.251 e. The van der Waals surface area contributed by atoms with Gasteiger partial charge in [0.1, 0.15) is 5.82 Å². The lowest BCUT2D eigenvalue weighted by Crippen LogP contribution is -2.20. The molecule has 0 atom stereocenters. The first-order chi connectivity index (χ1) is 18.2. The van der Waals surface area contributed by atoms with Crippen LogP contribution < -0.4 is 10.2 Å². The molecule has 1 fully saturated rings. The summed E-state index contributed by atoms with van der Waals surface area (Å²) in [5.41, 5.74) is 3.86. The fourth-order valence-corrected chi connectivity index (χ4v) is 4.69. The van der Waals surface area contributed by atoms with Crippen LogP contribution in [-0.2, 0) is 20.0 Å². The van der Waals surface area contributed by atoms with Crippen molar-refractivity contribution in [3.63, 3.8) is 0 Å². The topological polar surface area (TPSA) is 79.8 Å². The Morgan fingerprint density at radius 3 is 2.62 bits per heavy atom. The van der Waals surface area contributed by atoms with Gasteiger partial charge in [-0.25, -0.2) is 9.67 Å². The van der Waals surface area contributed by atoms with E-state index in [-0.39, 0.29) is 5.43 Å². The van der Waals surface area contributed by atoms with Gasteiger partial charge in [0.25, 0.3) is 5.43 Å². The Morgan fingerprint density at radius 2 is 1.81 bits per heavy atom. The van der Waals surface area contributed by atoms with Crippen LogP contribution >= 0.6 is 0 Å². The number of hydrogen-bond acceptors (Lipinski definition) is 5. The highest BCUT2D eigenvalue weighted by molar-refractivity contribution is 5.75. The summed E-state index contributed by atoms with van der Waals surface area (Å²) in [7, 11) is 2.06. The van der Waals surface area contributed by atoms with Gasteiger partial charge in [0.05, 0.1) is 41.4 Å². The van der Waals surface area contributed by atoms with Crippen molar-refractivity contribution in [1.82, 2.24) is 29.1 Å². The van der Waals surface area contributed by atoms with Crippen molar-refractivity contribution in [3.8, 4) is 22.8 Å². The Balaban J connectivity index is 1.19. The van der Waals surface area contributed by atoms with Crippen LogP contribution in [0.2, 0.25) is 0 Å². The number of benzene rings is 2. The molecule has 1 aliphatic rings. The molecule has 0 saturated heterocycles. The monoisotopic (exact) mass is 494 g/mol. The van der Waals surface area contributed by atoms with Gasteiger partial charge in [0.2, 0.25) is 0 Å². The van der Waals surface area contributed by atoms with Crippen molar-refractivity contribution >= 4 is 11.0 Å². The number of ether oxygens (including phenoxy) is 1. The highest BCUT2D eigenvalue weighted by Gasteiger charge is 2.24. The predicted octanol–water partition coefficient (Wildman–Crippen LogP) is 4.79. The van der Waals surface area contributed by atoms with Gasteiger partial charge in [-0.05, 0) is 61.9 Å². The summed E-state index contributed by atoms with van der Waals surface area (Å²) >= 11 is 0. The normalized spacial score (nSPS) is 13.3. The zero-order valence-electron chi connectivity index (χ0n) is 21.0. The molecule has 8 heteroatoms. The van der Waals surface area contributed by atoms with Crippen molar-refractivity contribution in [2.75, 3.05) is 6.61 Å². The molecule has 0 N–H and O–H groups in total. The largest absolute Gasteiger partial charge is 0.488 e. The minimum absolute atomic E-state index is 0.208. The Morgan fingerprint density at radius 1 is 1.00 bits per heavy atom. The van der Waals surface area contributed by atoms with Crippen LogP contribution in [0.3, 0.4) is 0 Å². The Kier molecular flexibility index (Phi) is 6.30. The summed E-state index contributed by atoms with van der Waals surface area (Å²) < 4.78 is 11.8.